The summed E-state index contributed by atoms with van der Waals surface area (Å²) in [4.78, 5) is 68.9. The zero-order valence-corrected chi connectivity index (χ0v) is 16.5. The van der Waals surface area contributed by atoms with Crippen LogP contribution >= 0.6 is 12.6 Å². The Balaban J connectivity index is 5.08. The summed E-state index contributed by atoms with van der Waals surface area (Å²) in [6.07, 6.45) is -1.20. The molecule has 4 amide bonds. The minimum Gasteiger partial charge on any atom is -0.481 e. The molecule has 0 rings (SSSR count). The number of carbonyl (C=O) groups is 6. The molecule has 14 heteroatoms. The van der Waals surface area contributed by atoms with E-state index in [9.17, 15) is 28.8 Å². The van der Waals surface area contributed by atoms with E-state index >= 15 is 0 Å². The summed E-state index contributed by atoms with van der Waals surface area (Å²) >= 11 is 3.80. The van der Waals surface area contributed by atoms with E-state index in [1.165, 1.54) is 6.92 Å². The minimum atomic E-state index is -1.44. The smallest absolute Gasteiger partial charge is 0.327 e. The van der Waals surface area contributed by atoms with Crippen LogP contribution in [0, 0.1) is 0 Å². The topological polar surface area (TPSA) is 231 Å². The largest absolute Gasteiger partial charge is 0.481 e. The van der Waals surface area contributed by atoms with E-state index in [0.717, 1.165) is 0 Å². The van der Waals surface area contributed by atoms with Crippen LogP contribution in [0.2, 0.25) is 0 Å². The molecule has 0 saturated carbocycles. The van der Waals surface area contributed by atoms with Crippen molar-refractivity contribution >= 4 is 48.2 Å². The lowest BCUT2D eigenvalue weighted by atomic mass is 10.1. The number of carboxylic acids is 2. The predicted octanol–water partition coefficient (Wildman–Crippen LogP) is -3.46. The summed E-state index contributed by atoms with van der Waals surface area (Å²) in [7, 11) is 0. The molecule has 0 aliphatic heterocycles. The Morgan fingerprint density at radius 3 is 1.93 bits per heavy atom. The lowest BCUT2D eigenvalue weighted by molar-refractivity contribution is -0.141. The molecule has 0 aromatic carbocycles. The first kappa shape index (κ1) is 26.1. The molecule has 0 aromatic rings. The van der Waals surface area contributed by atoms with Crippen molar-refractivity contribution in [3.8, 4) is 0 Å². The Kier molecular flexibility index (Phi) is 11.3. The zero-order chi connectivity index (χ0) is 22.7. The Morgan fingerprint density at radius 1 is 0.931 bits per heavy atom. The van der Waals surface area contributed by atoms with Crippen LogP contribution in [0.1, 0.15) is 26.2 Å². The fraction of sp³-hybridized carbons (Fsp3) is 0.600. The molecule has 0 heterocycles. The van der Waals surface area contributed by atoms with E-state index < -0.39 is 66.2 Å². The number of carboxylic acid groups (broad SMARTS) is 2. The van der Waals surface area contributed by atoms with Crippen molar-refractivity contribution < 1.29 is 39.0 Å². The second-order valence-electron chi connectivity index (χ2n) is 6.08. The molecule has 4 unspecified atom stereocenters. The van der Waals surface area contributed by atoms with Crippen molar-refractivity contribution in [3.63, 3.8) is 0 Å². The number of hydrogen-bond donors (Lipinski definition) is 8. The van der Waals surface area contributed by atoms with Crippen LogP contribution in [0.3, 0.4) is 0 Å². The van der Waals surface area contributed by atoms with Gasteiger partial charge in [-0.05, 0) is 13.3 Å². The highest BCUT2D eigenvalue weighted by Gasteiger charge is 2.28. The molecular weight excluding hydrogens is 410 g/mol. The van der Waals surface area contributed by atoms with E-state index in [4.69, 9.17) is 21.7 Å². The standard InChI is InChI=1S/C15H25N5O8S/c1-6(12(24)20-9(5-29)15(27)28)18-14(26)8(2-3-10(17)21)19-13(25)7(16)4-11(22)23/h6-9,29H,2-5,16H2,1H3,(H2,17,21)(H,18,26)(H,19,25)(H,20,24)(H,22,23)(H,27,28). The molecule has 0 aromatic heterocycles. The molecule has 0 saturated heterocycles. The molecule has 164 valence electrons. The normalized spacial score (nSPS) is 14.6. The van der Waals surface area contributed by atoms with Gasteiger partial charge >= 0.3 is 11.9 Å². The monoisotopic (exact) mass is 435 g/mol. The van der Waals surface area contributed by atoms with Gasteiger partial charge in [-0.2, -0.15) is 12.6 Å². The zero-order valence-electron chi connectivity index (χ0n) is 15.6. The predicted molar refractivity (Wildman–Crippen MR) is 102 cm³/mol. The lowest BCUT2D eigenvalue weighted by Gasteiger charge is -2.23. The van der Waals surface area contributed by atoms with Gasteiger partial charge in [0.1, 0.15) is 18.1 Å². The fourth-order valence-corrected chi connectivity index (χ4v) is 2.22. The van der Waals surface area contributed by atoms with Gasteiger partial charge in [0.05, 0.1) is 12.5 Å². The van der Waals surface area contributed by atoms with Gasteiger partial charge in [-0.25, -0.2) is 4.79 Å². The number of nitrogens with two attached hydrogens (primary N) is 2. The molecule has 0 aliphatic carbocycles. The summed E-state index contributed by atoms with van der Waals surface area (Å²) in [5.74, 6) is -6.21. The molecule has 0 spiro atoms. The number of rotatable bonds is 13. The minimum absolute atomic E-state index is 0.180. The second-order valence-corrected chi connectivity index (χ2v) is 6.45. The number of amides is 4. The summed E-state index contributed by atoms with van der Waals surface area (Å²) in [6.45, 7) is 1.27. The number of nitrogens with one attached hydrogen (secondary N) is 3. The van der Waals surface area contributed by atoms with Crippen LogP contribution in [0.25, 0.3) is 0 Å². The molecular formula is C15H25N5O8S. The molecule has 0 aliphatic rings. The summed E-state index contributed by atoms with van der Waals surface area (Å²) in [5.41, 5.74) is 10.5. The van der Waals surface area contributed by atoms with E-state index in [1.807, 2.05) is 0 Å². The van der Waals surface area contributed by atoms with Crippen molar-refractivity contribution in [1.82, 2.24) is 16.0 Å². The summed E-state index contributed by atoms with van der Waals surface area (Å²) in [6, 6.07) is -5.23. The molecule has 4 atom stereocenters. The highest BCUT2D eigenvalue weighted by atomic mass is 32.1. The number of thiol groups is 1. The van der Waals surface area contributed by atoms with Gasteiger partial charge in [0.25, 0.3) is 0 Å². The maximum atomic E-state index is 12.4. The number of aliphatic carboxylic acids is 2. The number of carbonyl (C=O) groups excluding carboxylic acids is 4. The second kappa shape index (κ2) is 12.6. The first-order valence-corrected chi connectivity index (χ1v) is 9.02. The highest BCUT2D eigenvalue weighted by molar-refractivity contribution is 7.80. The van der Waals surface area contributed by atoms with Crippen LogP contribution in [0.4, 0.5) is 0 Å². The van der Waals surface area contributed by atoms with Gasteiger partial charge < -0.3 is 37.6 Å². The van der Waals surface area contributed by atoms with Crippen molar-refractivity contribution in [3.05, 3.63) is 0 Å². The van der Waals surface area contributed by atoms with Gasteiger partial charge in [-0.3, -0.25) is 24.0 Å². The summed E-state index contributed by atoms with van der Waals surface area (Å²) in [5, 5.41) is 24.2. The maximum absolute atomic E-state index is 12.4. The maximum Gasteiger partial charge on any atom is 0.327 e. The van der Waals surface area contributed by atoms with Gasteiger partial charge in [0.15, 0.2) is 0 Å². The van der Waals surface area contributed by atoms with Crippen LogP contribution in [-0.4, -0.2) is 75.7 Å². The third-order valence-electron chi connectivity index (χ3n) is 3.59. The van der Waals surface area contributed by atoms with E-state index in [2.05, 4.69) is 28.6 Å². The molecule has 13 nitrogen and oxygen atoms in total. The van der Waals surface area contributed by atoms with Crippen LogP contribution in [-0.2, 0) is 28.8 Å². The molecule has 0 fully saturated rings. The fourth-order valence-electron chi connectivity index (χ4n) is 1.98. The Labute approximate surface area is 171 Å². The van der Waals surface area contributed by atoms with Gasteiger partial charge in [-0.15, -0.1) is 0 Å². The van der Waals surface area contributed by atoms with Gasteiger partial charge in [0.2, 0.25) is 23.6 Å². The first-order chi connectivity index (χ1) is 13.4. The Hall–Kier alpha value is -2.87. The number of hydrogen-bond acceptors (Lipinski definition) is 8. The van der Waals surface area contributed by atoms with Crippen molar-refractivity contribution in [2.45, 2.75) is 50.4 Å². The third-order valence-corrected chi connectivity index (χ3v) is 3.96. The van der Waals surface area contributed by atoms with Crippen LogP contribution in [0.5, 0.6) is 0 Å². The quantitative estimate of drug-likeness (QED) is 0.134. The number of primary amides is 1. The Morgan fingerprint density at radius 2 is 1.48 bits per heavy atom. The summed E-state index contributed by atoms with van der Waals surface area (Å²) < 4.78 is 0. The van der Waals surface area contributed by atoms with Crippen molar-refractivity contribution in [1.29, 1.82) is 0 Å². The lowest BCUT2D eigenvalue weighted by Crippen LogP contribution is -2.56. The van der Waals surface area contributed by atoms with Crippen molar-refractivity contribution in [2.24, 2.45) is 11.5 Å². The third kappa shape index (κ3) is 10.3. The average molecular weight is 435 g/mol. The SMILES string of the molecule is CC(NC(=O)C(CCC(N)=O)NC(=O)C(N)CC(=O)O)C(=O)NC(CS)C(=O)O. The van der Waals surface area contributed by atoms with Crippen LogP contribution < -0.4 is 27.4 Å². The Bertz CT molecular complexity index is 659. The molecule has 0 radical (unpaired) electrons. The molecule has 29 heavy (non-hydrogen) atoms. The van der Waals surface area contributed by atoms with E-state index in [1.54, 1.807) is 0 Å². The average Bonchev–Trinajstić information content (AvgIpc) is 2.61. The molecule has 0 bridgehead atoms. The van der Waals surface area contributed by atoms with Crippen LogP contribution in [0.15, 0.2) is 0 Å². The molecule has 9 N–H and O–H groups in total. The first-order valence-electron chi connectivity index (χ1n) is 8.39. The van der Waals surface area contributed by atoms with Gasteiger partial charge in [-0.1, -0.05) is 0 Å². The van der Waals surface area contributed by atoms with E-state index in [-0.39, 0.29) is 18.6 Å². The highest BCUT2D eigenvalue weighted by Crippen LogP contribution is 2.01. The van der Waals surface area contributed by atoms with Gasteiger partial charge in [0, 0.05) is 12.2 Å². The van der Waals surface area contributed by atoms with Crippen molar-refractivity contribution in [2.75, 3.05) is 5.75 Å². The van der Waals surface area contributed by atoms with E-state index in [0.29, 0.717) is 0 Å².